The maximum atomic E-state index is 13.2. The summed E-state index contributed by atoms with van der Waals surface area (Å²) in [5.74, 6) is -0.138. The summed E-state index contributed by atoms with van der Waals surface area (Å²) in [7, 11) is 0. The highest BCUT2D eigenvalue weighted by Crippen LogP contribution is 2.43. The number of amides is 1. The first-order valence-electron chi connectivity index (χ1n) is 7.81. The molecule has 0 fully saturated rings. The molecule has 0 saturated carbocycles. The lowest BCUT2D eigenvalue weighted by Crippen LogP contribution is -2.23. The molecule has 0 unspecified atom stereocenters. The Morgan fingerprint density at radius 3 is 2.46 bits per heavy atom. The highest BCUT2D eigenvalue weighted by Gasteiger charge is 2.40. The van der Waals surface area contributed by atoms with Gasteiger partial charge in [-0.3, -0.25) is 14.5 Å². The van der Waals surface area contributed by atoms with Gasteiger partial charge in [-0.15, -0.1) is 0 Å². The Labute approximate surface area is 138 Å². The summed E-state index contributed by atoms with van der Waals surface area (Å²) in [6.45, 7) is 0. The van der Waals surface area contributed by atoms with Gasteiger partial charge in [-0.05, 0) is 18.2 Å². The van der Waals surface area contributed by atoms with Gasteiger partial charge in [-0.2, -0.15) is 0 Å². The van der Waals surface area contributed by atoms with Crippen molar-refractivity contribution >= 4 is 34.0 Å². The van der Waals surface area contributed by atoms with Crippen LogP contribution < -0.4 is 4.90 Å². The number of carbonyl (C=O) groups excluding carboxylic acids is 2. The quantitative estimate of drug-likeness (QED) is 0.686. The van der Waals surface area contributed by atoms with Crippen molar-refractivity contribution in [2.45, 2.75) is 6.42 Å². The molecule has 4 nitrogen and oxygen atoms in total. The van der Waals surface area contributed by atoms with E-state index in [2.05, 4.69) is 4.98 Å². The van der Waals surface area contributed by atoms with Crippen LogP contribution in [0.4, 0.5) is 5.69 Å². The minimum atomic E-state index is -0.1000. The largest absolute Gasteiger partial charge is 0.292 e. The van der Waals surface area contributed by atoms with Crippen LogP contribution in [0.5, 0.6) is 0 Å². The third-order valence-electron chi connectivity index (χ3n) is 4.57. The number of carbonyl (C=O) groups is 2. The van der Waals surface area contributed by atoms with Gasteiger partial charge >= 0.3 is 0 Å². The molecule has 2 heterocycles. The Balaban J connectivity index is 1.88. The maximum absolute atomic E-state index is 13.2. The Morgan fingerprint density at radius 1 is 0.875 bits per heavy atom. The van der Waals surface area contributed by atoms with Crippen LogP contribution in [0.2, 0.25) is 0 Å². The van der Waals surface area contributed by atoms with Gasteiger partial charge in [0.25, 0.3) is 5.91 Å². The topological polar surface area (TPSA) is 50.3 Å². The number of Topliss-reactive ketones (excluding diaryl/α,β-unsaturated/α-hetero) is 1. The molecule has 5 rings (SSSR count). The van der Waals surface area contributed by atoms with Crippen molar-refractivity contribution in [3.8, 4) is 0 Å². The lowest BCUT2D eigenvalue weighted by Gasteiger charge is -2.20. The first kappa shape index (κ1) is 13.2. The standard InChI is InChI=1S/C20H12N2O2/c23-16-11-10-15-18-17(13-8-4-5-9-14(13)21-19(16)18)20(24)22(15)12-6-2-1-3-7-12/h1-10H,11H2. The second-order valence-corrected chi connectivity index (χ2v) is 5.92. The Kier molecular flexibility index (Phi) is 2.54. The predicted molar refractivity (Wildman–Crippen MR) is 91.9 cm³/mol. The zero-order valence-corrected chi connectivity index (χ0v) is 12.7. The smallest absolute Gasteiger partial charge is 0.264 e. The highest BCUT2D eigenvalue weighted by atomic mass is 16.2. The Bertz CT molecular complexity index is 1070. The van der Waals surface area contributed by atoms with Crippen LogP contribution in [-0.2, 0) is 0 Å². The number of allylic oxidation sites excluding steroid dienone is 1. The number of hydrogen-bond donors (Lipinski definition) is 0. The molecular weight excluding hydrogens is 300 g/mol. The van der Waals surface area contributed by atoms with Crippen LogP contribution in [0.15, 0.2) is 60.7 Å². The molecule has 1 aromatic heterocycles. The summed E-state index contributed by atoms with van der Waals surface area (Å²) in [6.07, 6.45) is 2.10. The molecule has 0 spiro atoms. The minimum absolute atomic E-state index is 0.0385. The van der Waals surface area contributed by atoms with E-state index in [1.54, 1.807) is 4.90 Å². The highest BCUT2D eigenvalue weighted by molar-refractivity contribution is 6.30. The number of pyridine rings is 1. The van der Waals surface area contributed by atoms with Crippen LogP contribution in [-0.4, -0.2) is 16.7 Å². The van der Waals surface area contributed by atoms with E-state index in [0.29, 0.717) is 22.3 Å². The Morgan fingerprint density at radius 2 is 1.62 bits per heavy atom. The predicted octanol–water partition coefficient (Wildman–Crippen LogP) is 3.82. The molecule has 0 bridgehead atoms. The fourth-order valence-corrected chi connectivity index (χ4v) is 3.53. The molecule has 0 atom stereocenters. The third-order valence-corrected chi connectivity index (χ3v) is 4.57. The van der Waals surface area contributed by atoms with Gasteiger partial charge < -0.3 is 0 Å². The van der Waals surface area contributed by atoms with E-state index in [9.17, 15) is 9.59 Å². The van der Waals surface area contributed by atoms with E-state index in [-0.39, 0.29) is 18.1 Å². The van der Waals surface area contributed by atoms with E-state index >= 15 is 0 Å². The fourth-order valence-electron chi connectivity index (χ4n) is 3.53. The van der Waals surface area contributed by atoms with Gasteiger partial charge in [0, 0.05) is 23.1 Å². The summed E-state index contributed by atoms with van der Waals surface area (Å²) >= 11 is 0. The van der Waals surface area contributed by atoms with Crippen LogP contribution >= 0.6 is 0 Å². The summed E-state index contributed by atoms with van der Waals surface area (Å²) < 4.78 is 0. The first-order valence-corrected chi connectivity index (χ1v) is 7.81. The molecule has 3 aromatic rings. The van der Waals surface area contributed by atoms with Crippen LogP contribution in [0, 0.1) is 0 Å². The van der Waals surface area contributed by atoms with Crippen molar-refractivity contribution in [3.63, 3.8) is 0 Å². The molecular formula is C20H12N2O2. The number of fused-ring (bicyclic) bond motifs is 2. The van der Waals surface area contributed by atoms with Crippen LogP contribution in [0.25, 0.3) is 16.6 Å². The van der Waals surface area contributed by atoms with Crippen molar-refractivity contribution in [2.75, 3.05) is 4.90 Å². The van der Waals surface area contributed by atoms with E-state index in [4.69, 9.17) is 0 Å². The lowest BCUT2D eigenvalue weighted by molar-refractivity contribution is 0.0987. The molecule has 114 valence electrons. The van der Waals surface area contributed by atoms with E-state index in [0.717, 1.165) is 16.8 Å². The van der Waals surface area contributed by atoms with Crippen LogP contribution in [0.1, 0.15) is 32.8 Å². The number of para-hydroxylation sites is 2. The van der Waals surface area contributed by atoms with Crippen molar-refractivity contribution in [2.24, 2.45) is 0 Å². The van der Waals surface area contributed by atoms with E-state index < -0.39 is 0 Å². The van der Waals surface area contributed by atoms with Crippen molar-refractivity contribution in [1.82, 2.24) is 4.98 Å². The number of hydrogen-bond acceptors (Lipinski definition) is 3. The number of ketones is 1. The molecule has 2 aromatic carbocycles. The molecule has 0 radical (unpaired) electrons. The van der Waals surface area contributed by atoms with E-state index in [1.807, 2.05) is 60.7 Å². The molecule has 1 amide bonds. The molecule has 1 aliphatic heterocycles. The molecule has 2 aliphatic rings. The maximum Gasteiger partial charge on any atom is 0.264 e. The SMILES string of the molecule is O=C1CC=C2c3c1nc1ccccc1c3C(=O)N2c1ccccc1. The summed E-state index contributed by atoms with van der Waals surface area (Å²) in [5.41, 5.74) is 3.93. The Hall–Kier alpha value is -3.27. The normalized spacial score (nSPS) is 15.7. The van der Waals surface area contributed by atoms with Gasteiger partial charge in [-0.1, -0.05) is 42.5 Å². The number of benzene rings is 2. The molecule has 4 heteroatoms. The zero-order chi connectivity index (χ0) is 16.3. The zero-order valence-electron chi connectivity index (χ0n) is 12.7. The number of rotatable bonds is 1. The summed E-state index contributed by atoms with van der Waals surface area (Å²) in [4.78, 5) is 31.8. The van der Waals surface area contributed by atoms with Gasteiger partial charge in [0.1, 0.15) is 5.69 Å². The van der Waals surface area contributed by atoms with Crippen molar-refractivity contribution in [1.29, 1.82) is 0 Å². The molecule has 0 saturated heterocycles. The minimum Gasteiger partial charge on any atom is -0.292 e. The third kappa shape index (κ3) is 1.60. The number of anilines is 1. The average molecular weight is 312 g/mol. The summed E-state index contributed by atoms with van der Waals surface area (Å²) in [5, 5.41) is 0.792. The summed E-state index contributed by atoms with van der Waals surface area (Å²) in [6, 6.07) is 17.0. The number of nitrogens with zero attached hydrogens (tertiary/aromatic N) is 2. The van der Waals surface area contributed by atoms with Crippen LogP contribution in [0.3, 0.4) is 0 Å². The lowest BCUT2D eigenvalue weighted by atomic mass is 9.94. The fraction of sp³-hybridized carbons (Fsp3) is 0.0500. The molecule has 0 N–H and O–H groups in total. The second kappa shape index (κ2) is 4.61. The number of aromatic nitrogens is 1. The van der Waals surface area contributed by atoms with Crippen molar-refractivity contribution in [3.05, 3.63) is 77.5 Å². The van der Waals surface area contributed by atoms with E-state index in [1.165, 1.54) is 0 Å². The van der Waals surface area contributed by atoms with Gasteiger partial charge in [0.15, 0.2) is 5.78 Å². The van der Waals surface area contributed by atoms with Gasteiger partial charge in [0.2, 0.25) is 0 Å². The average Bonchev–Trinajstić information content (AvgIpc) is 2.92. The first-order chi connectivity index (χ1) is 11.8. The van der Waals surface area contributed by atoms with Gasteiger partial charge in [0.05, 0.1) is 16.8 Å². The molecule has 1 aliphatic carbocycles. The van der Waals surface area contributed by atoms with Gasteiger partial charge in [-0.25, -0.2) is 4.98 Å². The van der Waals surface area contributed by atoms with Crippen molar-refractivity contribution < 1.29 is 9.59 Å². The second-order valence-electron chi connectivity index (χ2n) is 5.92. The monoisotopic (exact) mass is 312 g/mol. The molecule has 24 heavy (non-hydrogen) atoms.